The molecular formula is C12H15N3S. The number of pyridine rings is 1. The number of nitrogens with one attached hydrogen (secondary N) is 1. The van der Waals surface area contributed by atoms with E-state index in [1.54, 1.807) is 11.3 Å². The van der Waals surface area contributed by atoms with E-state index in [-0.39, 0.29) is 6.04 Å². The summed E-state index contributed by atoms with van der Waals surface area (Å²) in [5, 5.41) is 6.52. The van der Waals surface area contributed by atoms with Crippen LogP contribution in [-0.4, -0.2) is 9.97 Å². The van der Waals surface area contributed by atoms with Crippen LogP contribution < -0.4 is 5.32 Å². The molecule has 0 fully saturated rings. The standard InChI is InChI=1S/C12H15N3S/c1-8-4-5-11(9(2)14-8)15-10(3)12-13-6-7-16-12/h4-7,10,15H,1-3H3. The second-order valence-corrected chi connectivity index (χ2v) is 4.75. The molecule has 4 heteroatoms. The maximum absolute atomic E-state index is 4.43. The Bertz CT molecular complexity index is 465. The van der Waals surface area contributed by atoms with Crippen LogP contribution >= 0.6 is 11.3 Å². The fourth-order valence-electron chi connectivity index (χ4n) is 1.58. The Morgan fingerprint density at radius 2 is 2.12 bits per heavy atom. The predicted octanol–water partition coefficient (Wildman–Crippen LogP) is 3.33. The minimum atomic E-state index is 0.225. The van der Waals surface area contributed by atoms with E-state index >= 15 is 0 Å². The minimum absolute atomic E-state index is 0.225. The molecule has 0 aliphatic rings. The van der Waals surface area contributed by atoms with Crippen LogP contribution in [0.5, 0.6) is 0 Å². The highest BCUT2D eigenvalue weighted by molar-refractivity contribution is 7.09. The molecule has 2 rings (SSSR count). The molecule has 0 saturated heterocycles. The van der Waals surface area contributed by atoms with Crippen molar-refractivity contribution in [2.75, 3.05) is 5.32 Å². The lowest BCUT2D eigenvalue weighted by Crippen LogP contribution is -2.08. The molecule has 0 saturated carbocycles. The van der Waals surface area contributed by atoms with Crippen LogP contribution in [0.3, 0.4) is 0 Å². The van der Waals surface area contributed by atoms with E-state index in [1.807, 2.05) is 31.5 Å². The lowest BCUT2D eigenvalue weighted by Gasteiger charge is -2.14. The van der Waals surface area contributed by atoms with E-state index < -0.39 is 0 Å². The fraction of sp³-hybridized carbons (Fsp3) is 0.333. The van der Waals surface area contributed by atoms with Crippen molar-refractivity contribution in [2.24, 2.45) is 0 Å². The monoisotopic (exact) mass is 233 g/mol. The number of nitrogens with zero attached hydrogens (tertiary/aromatic N) is 2. The Morgan fingerprint density at radius 1 is 1.31 bits per heavy atom. The molecule has 0 aliphatic heterocycles. The second kappa shape index (κ2) is 4.61. The molecule has 0 spiro atoms. The van der Waals surface area contributed by atoms with Gasteiger partial charge >= 0.3 is 0 Å². The summed E-state index contributed by atoms with van der Waals surface area (Å²) in [6.45, 7) is 6.13. The van der Waals surface area contributed by atoms with Crippen molar-refractivity contribution in [2.45, 2.75) is 26.8 Å². The molecule has 1 unspecified atom stereocenters. The predicted molar refractivity (Wildman–Crippen MR) is 67.9 cm³/mol. The summed E-state index contributed by atoms with van der Waals surface area (Å²) in [7, 11) is 0. The highest BCUT2D eigenvalue weighted by Crippen LogP contribution is 2.22. The van der Waals surface area contributed by atoms with Crippen LogP contribution in [0.1, 0.15) is 29.4 Å². The van der Waals surface area contributed by atoms with Gasteiger partial charge in [0.25, 0.3) is 0 Å². The molecule has 1 N–H and O–H groups in total. The zero-order valence-electron chi connectivity index (χ0n) is 9.69. The molecule has 2 aromatic rings. The average molecular weight is 233 g/mol. The van der Waals surface area contributed by atoms with Crippen LogP contribution in [0.25, 0.3) is 0 Å². The van der Waals surface area contributed by atoms with Gasteiger partial charge in [-0.1, -0.05) is 0 Å². The van der Waals surface area contributed by atoms with Gasteiger partial charge in [-0.3, -0.25) is 4.98 Å². The normalized spacial score (nSPS) is 12.4. The number of thiazole rings is 1. The molecule has 84 valence electrons. The third-order valence-electron chi connectivity index (χ3n) is 2.42. The van der Waals surface area contributed by atoms with Gasteiger partial charge in [0.1, 0.15) is 5.01 Å². The first-order chi connectivity index (χ1) is 7.66. The van der Waals surface area contributed by atoms with Gasteiger partial charge in [-0.2, -0.15) is 0 Å². The quantitative estimate of drug-likeness (QED) is 0.883. The van der Waals surface area contributed by atoms with E-state index in [9.17, 15) is 0 Å². The van der Waals surface area contributed by atoms with Gasteiger partial charge in [-0.25, -0.2) is 4.98 Å². The topological polar surface area (TPSA) is 37.8 Å². The van der Waals surface area contributed by atoms with Crippen molar-refractivity contribution >= 4 is 17.0 Å². The first kappa shape index (κ1) is 11.1. The second-order valence-electron chi connectivity index (χ2n) is 3.82. The molecule has 0 radical (unpaired) electrons. The summed E-state index contributed by atoms with van der Waals surface area (Å²) in [5.41, 5.74) is 3.15. The molecule has 0 aliphatic carbocycles. The van der Waals surface area contributed by atoms with Crippen molar-refractivity contribution < 1.29 is 0 Å². The van der Waals surface area contributed by atoms with E-state index in [2.05, 4.69) is 28.3 Å². The van der Waals surface area contributed by atoms with Crippen molar-refractivity contribution in [1.29, 1.82) is 0 Å². The van der Waals surface area contributed by atoms with Crippen LogP contribution in [0, 0.1) is 13.8 Å². The Balaban J connectivity index is 2.15. The van der Waals surface area contributed by atoms with Crippen LogP contribution in [0.2, 0.25) is 0 Å². The first-order valence-corrected chi connectivity index (χ1v) is 6.15. The SMILES string of the molecule is Cc1ccc(NC(C)c2nccs2)c(C)n1. The molecular weight excluding hydrogens is 218 g/mol. The number of aryl methyl sites for hydroxylation is 2. The average Bonchev–Trinajstić information content (AvgIpc) is 2.75. The minimum Gasteiger partial charge on any atom is -0.375 e. The van der Waals surface area contributed by atoms with Crippen molar-refractivity contribution in [3.63, 3.8) is 0 Å². The summed E-state index contributed by atoms with van der Waals surface area (Å²) < 4.78 is 0. The molecule has 0 aromatic carbocycles. The summed E-state index contributed by atoms with van der Waals surface area (Å²) in [6, 6.07) is 4.31. The number of anilines is 1. The Hall–Kier alpha value is -1.42. The Morgan fingerprint density at radius 3 is 2.75 bits per heavy atom. The van der Waals surface area contributed by atoms with Gasteiger partial charge < -0.3 is 5.32 Å². The molecule has 1 atom stereocenters. The van der Waals surface area contributed by atoms with E-state index in [1.165, 1.54) is 0 Å². The van der Waals surface area contributed by atoms with Crippen molar-refractivity contribution in [3.05, 3.63) is 40.1 Å². The number of hydrogen-bond acceptors (Lipinski definition) is 4. The maximum Gasteiger partial charge on any atom is 0.115 e. The van der Waals surface area contributed by atoms with Crippen molar-refractivity contribution in [3.8, 4) is 0 Å². The zero-order chi connectivity index (χ0) is 11.5. The van der Waals surface area contributed by atoms with Crippen LogP contribution in [0.4, 0.5) is 5.69 Å². The van der Waals surface area contributed by atoms with E-state index in [4.69, 9.17) is 0 Å². The van der Waals surface area contributed by atoms with E-state index in [0.717, 1.165) is 22.1 Å². The lowest BCUT2D eigenvalue weighted by atomic mass is 10.2. The third-order valence-corrected chi connectivity index (χ3v) is 3.38. The molecule has 16 heavy (non-hydrogen) atoms. The van der Waals surface area contributed by atoms with Crippen molar-refractivity contribution in [1.82, 2.24) is 9.97 Å². The Kier molecular flexibility index (Phi) is 3.19. The summed E-state index contributed by atoms with van der Waals surface area (Å²) >= 11 is 1.67. The zero-order valence-corrected chi connectivity index (χ0v) is 10.5. The van der Waals surface area contributed by atoms with Gasteiger partial charge in [0, 0.05) is 17.3 Å². The molecule has 2 heterocycles. The van der Waals surface area contributed by atoms with Crippen LogP contribution in [0.15, 0.2) is 23.7 Å². The summed E-state index contributed by atoms with van der Waals surface area (Å²) in [4.78, 5) is 8.72. The summed E-state index contributed by atoms with van der Waals surface area (Å²) in [5.74, 6) is 0. The highest BCUT2D eigenvalue weighted by atomic mass is 32.1. The maximum atomic E-state index is 4.43. The van der Waals surface area contributed by atoms with Gasteiger partial charge in [-0.15, -0.1) is 11.3 Å². The molecule has 2 aromatic heterocycles. The third kappa shape index (κ3) is 2.39. The smallest absolute Gasteiger partial charge is 0.115 e. The van der Waals surface area contributed by atoms with Crippen LogP contribution in [-0.2, 0) is 0 Å². The summed E-state index contributed by atoms with van der Waals surface area (Å²) in [6.07, 6.45) is 1.83. The molecule has 3 nitrogen and oxygen atoms in total. The van der Waals surface area contributed by atoms with Gasteiger partial charge in [0.05, 0.1) is 17.4 Å². The first-order valence-electron chi connectivity index (χ1n) is 5.27. The fourth-order valence-corrected chi connectivity index (χ4v) is 2.23. The largest absolute Gasteiger partial charge is 0.375 e. The van der Waals surface area contributed by atoms with Gasteiger partial charge in [-0.05, 0) is 32.9 Å². The highest BCUT2D eigenvalue weighted by Gasteiger charge is 2.09. The van der Waals surface area contributed by atoms with Gasteiger partial charge in [0.2, 0.25) is 0 Å². The number of hydrogen-bond donors (Lipinski definition) is 1. The molecule has 0 bridgehead atoms. The number of aromatic nitrogens is 2. The van der Waals surface area contributed by atoms with Gasteiger partial charge in [0.15, 0.2) is 0 Å². The number of rotatable bonds is 3. The Labute approximate surface area is 99.6 Å². The lowest BCUT2D eigenvalue weighted by molar-refractivity contribution is 0.864. The van der Waals surface area contributed by atoms with E-state index in [0.29, 0.717) is 0 Å². The molecule has 0 amide bonds.